The molecule has 0 atom stereocenters. The average Bonchev–Trinajstić information content (AvgIpc) is 2.14. The Hall–Kier alpha value is -0.570. The van der Waals surface area contributed by atoms with Crippen molar-refractivity contribution in [1.29, 1.82) is 0 Å². The molecule has 0 saturated carbocycles. The summed E-state index contributed by atoms with van der Waals surface area (Å²) in [5.41, 5.74) is 0. The molecule has 0 aromatic carbocycles. The number of ether oxygens (including phenoxy) is 1. The second kappa shape index (κ2) is 14.0. The van der Waals surface area contributed by atoms with Gasteiger partial charge in [0.1, 0.15) is 0 Å². The molecule has 13 heavy (non-hydrogen) atoms. The van der Waals surface area contributed by atoms with Gasteiger partial charge in [0, 0.05) is 27.2 Å². The van der Waals surface area contributed by atoms with Gasteiger partial charge in [-0.1, -0.05) is 13.8 Å². The van der Waals surface area contributed by atoms with Gasteiger partial charge in [0.15, 0.2) is 0 Å². The molecule has 0 fully saturated rings. The van der Waals surface area contributed by atoms with E-state index in [1.54, 1.807) is 7.11 Å². The summed E-state index contributed by atoms with van der Waals surface area (Å²) in [6.07, 6.45) is 3.24. The number of carbonyl (C=O) groups is 1. The maximum Gasteiger partial charge on any atom is 0.216 e. The average molecular weight is 189 g/mol. The van der Waals surface area contributed by atoms with Crippen molar-refractivity contribution in [2.75, 3.05) is 20.3 Å². The van der Waals surface area contributed by atoms with Crippen LogP contribution in [0.15, 0.2) is 0 Å². The first-order chi connectivity index (χ1) is 6.27. The van der Waals surface area contributed by atoms with E-state index in [-0.39, 0.29) is 5.91 Å². The number of carbonyl (C=O) groups excluding carboxylic acids is 1. The van der Waals surface area contributed by atoms with E-state index in [2.05, 4.69) is 5.32 Å². The molecule has 0 heterocycles. The Morgan fingerprint density at radius 2 is 1.85 bits per heavy atom. The van der Waals surface area contributed by atoms with Crippen LogP contribution >= 0.6 is 0 Å². The zero-order valence-electron chi connectivity index (χ0n) is 9.35. The third-order valence-corrected chi connectivity index (χ3v) is 1.40. The highest BCUT2D eigenvalue weighted by Crippen LogP contribution is 1.93. The first-order valence-electron chi connectivity index (χ1n) is 5.00. The van der Waals surface area contributed by atoms with Crippen LogP contribution in [0.3, 0.4) is 0 Å². The van der Waals surface area contributed by atoms with E-state index in [0.29, 0.717) is 0 Å². The van der Waals surface area contributed by atoms with Crippen molar-refractivity contribution in [1.82, 2.24) is 5.32 Å². The smallest absolute Gasteiger partial charge is 0.216 e. The first kappa shape index (κ1) is 14.9. The van der Waals surface area contributed by atoms with Crippen molar-refractivity contribution in [3.05, 3.63) is 0 Å². The van der Waals surface area contributed by atoms with E-state index in [4.69, 9.17) is 4.74 Å². The summed E-state index contributed by atoms with van der Waals surface area (Å²) in [4.78, 5) is 10.4. The Morgan fingerprint density at radius 3 is 2.31 bits per heavy atom. The predicted molar refractivity (Wildman–Crippen MR) is 55.8 cm³/mol. The lowest BCUT2D eigenvalue weighted by Gasteiger charge is -2.00. The fraction of sp³-hybridized carbons (Fsp3) is 0.900. The van der Waals surface area contributed by atoms with Gasteiger partial charge in [-0.15, -0.1) is 0 Å². The molecule has 0 aromatic rings. The molecule has 1 N–H and O–H groups in total. The van der Waals surface area contributed by atoms with Crippen LogP contribution in [-0.4, -0.2) is 26.2 Å². The molecule has 0 rings (SSSR count). The zero-order chi connectivity index (χ0) is 10.5. The molecule has 0 bridgehead atoms. The fourth-order valence-electron chi connectivity index (χ4n) is 0.813. The predicted octanol–water partition coefficient (Wildman–Crippen LogP) is 1.97. The van der Waals surface area contributed by atoms with Gasteiger partial charge in [0.25, 0.3) is 0 Å². The highest BCUT2D eigenvalue weighted by Gasteiger charge is 1.90. The van der Waals surface area contributed by atoms with Crippen LogP contribution in [0.2, 0.25) is 0 Å². The Balaban J connectivity index is 0. The molecule has 3 heteroatoms. The highest BCUT2D eigenvalue weighted by molar-refractivity contribution is 5.72. The number of nitrogens with one attached hydrogen (secondary N) is 1. The van der Waals surface area contributed by atoms with Crippen LogP contribution in [-0.2, 0) is 9.53 Å². The molecule has 0 saturated heterocycles. The number of unbranched alkanes of at least 4 members (excludes halogenated alkanes) is 2. The summed E-state index contributed by atoms with van der Waals surface area (Å²) >= 11 is 0. The SMILES string of the molecule is CC.COCCCCCNC(C)=O. The van der Waals surface area contributed by atoms with Crippen molar-refractivity contribution in [2.24, 2.45) is 0 Å². The molecule has 3 nitrogen and oxygen atoms in total. The normalized spacial score (nSPS) is 8.62. The number of hydrogen-bond donors (Lipinski definition) is 1. The van der Waals surface area contributed by atoms with Crippen molar-refractivity contribution in [3.63, 3.8) is 0 Å². The van der Waals surface area contributed by atoms with Crippen LogP contribution < -0.4 is 5.32 Å². The third-order valence-electron chi connectivity index (χ3n) is 1.40. The monoisotopic (exact) mass is 189 g/mol. The minimum atomic E-state index is 0.0525. The van der Waals surface area contributed by atoms with Gasteiger partial charge in [-0.2, -0.15) is 0 Å². The van der Waals surface area contributed by atoms with Crippen molar-refractivity contribution < 1.29 is 9.53 Å². The first-order valence-corrected chi connectivity index (χ1v) is 5.00. The van der Waals surface area contributed by atoms with E-state index in [9.17, 15) is 4.79 Å². The highest BCUT2D eigenvalue weighted by atomic mass is 16.5. The van der Waals surface area contributed by atoms with Crippen LogP contribution in [0.25, 0.3) is 0 Å². The molecule has 80 valence electrons. The van der Waals surface area contributed by atoms with Crippen LogP contribution in [0.4, 0.5) is 0 Å². The van der Waals surface area contributed by atoms with Gasteiger partial charge < -0.3 is 10.1 Å². The second-order valence-corrected chi connectivity index (χ2v) is 2.54. The van der Waals surface area contributed by atoms with E-state index < -0.39 is 0 Å². The summed E-state index contributed by atoms with van der Waals surface area (Å²) in [6.45, 7) is 7.15. The van der Waals surface area contributed by atoms with Gasteiger partial charge in [-0.25, -0.2) is 0 Å². The molecule has 0 aliphatic heterocycles. The number of methoxy groups -OCH3 is 1. The van der Waals surface area contributed by atoms with Crippen molar-refractivity contribution >= 4 is 5.91 Å². The van der Waals surface area contributed by atoms with E-state index in [1.165, 1.54) is 6.92 Å². The molecule has 0 spiro atoms. The van der Waals surface area contributed by atoms with E-state index in [0.717, 1.165) is 32.4 Å². The summed E-state index contributed by atoms with van der Waals surface area (Å²) in [7, 11) is 1.70. The molecule has 1 amide bonds. The Bertz CT molecular complexity index is 105. The second-order valence-electron chi connectivity index (χ2n) is 2.54. The summed E-state index contributed by atoms with van der Waals surface area (Å²) in [5.74, 6) is 0.0525. The molecule has 0 aromatic heterocycles. The lowest BCUT2D eigenvalue weighted by atomic mass is 10.2. The topological polar surface area (TPSA) is 38.3 Å². The van der Waals surface area contributed by atoms with Crippen molar-refractivity contribution in [2.45, 2.75) is 40.0 Å². The molecule has 0 aliphatic carbocycles. The molecular weight excluding hydrogens is 166 g/mol. The standard InChI is InChI=1S/C8H17NO2.C2H6/c1-8(10)9-6-4-3-5-7-11-2;1-2/h3-7H2,1-2H3,(H,9,10);1-2H3. The van der Waals surface area contributed by atoms with Gasteiger partial charge in [-0.05, 0) is 19.3 Å². The summed E-state index contributed by atoms with van der Waals surface area (Å²) in [5, 5.41) is 2.74. The number of amides is 1. The Kier molecular flexibility index (Phi) is 16.1. The van der Waals surface area contributed by atoms with Gasteiger partial charge in [0.2, 0.25) is 5.91 Å². The zero-order valence-corrected chi connectivity index (χ0v) is 9.35. The summed E-state index contributed by atoms with van der Waals surface area (Å²) < 4.78 is 4.88. The van der Waals surface area contributed by atoms with Gasteiger partial charge in [0.05, 0.1) is 0 Å². The Labute approximate surface area is 81.9 Å². The van der Waals surface area contributed by atoms with Crippen LogP contribution in [0, 0.1) is 0 Å². The van der Waals surface area contributed by atoms with Crippen LogP contribution in [0.5, 0.6) is 0 Å². The minimum absolute atomic E-state index is 0.0525. The summed E-state index contributed by atoms with van der Waals surface area (Å²) in [6, 6.07) is 0. The molecular formula is C10H23NO2. The maximum absolute atomic E-state index is 10.4. The maximum atomic E-state index is 10.4. The number of rotatable bonds is 6. The van der Waals surface area contributed by atoms with Crippen molar-refractivity contribution in [3.8, 4) is 0 Å². The lowest BCUT2D eigenvalue weighted by molar-refractivity contribution is -0.118. The molecule has 0 radical (unpaired) electrons. The Morgan fingerprint density at radius 1 is 1.23 bits per heavy atom. The molecule has 0 aliphatic rings. The largest absolute Gasteiger partial charge is 0.385 e. The van der Waals surface area contributed by atoms with Gasteiger partial charge in [-0.3, -0.25) is 4.79 Å². The quantitative estimate of drug-likeness (QED) is 0.649. The molecule has 0 unspecified atom stereocenters. The van der Waals surface area contributed by atoms with E-state index >= 15 is 0 Å². The minimum Gasteiger partial charge on any atom is -0.385 e. The fourth-order valence-corrected chi connectivity index (χ4v) is 0.813. The van der Waals surface area contributed by atoms with Crippen LogP contribution in [0.1, 0.15) is 40.0 Å². The van der Waals surface area contributed by atoms with Gasteiger partial charge >= 0.3 is 0 Å². The lowest BCUT2D eigenvalue weighted by Crippen LogP contribution is -2.20. The van der Waals surface area contributed by atoms with E-state index in [1.807, 2.05) is 13.8 Å². The number of hydrogen-bond acceptors (Lipinski definition) is 2. The third kappa shape index (κ3) is 18.4.